The zero-order valence-corrected chi connectivity index (χ0v) is 9.09. The molecule has 3 rings (SSSR count). The number of hydrogen-bond donors (Lipinski definition) is 0. The van der Waals surface area contributed by atoms with Gasteiger partial charge in [-0.3, -0.25) is 0 Å². The molecule has 0 aliphatic heterocycles. The van der Waals surface area contributed by atoms with Crippen LogP contribution in [0.15, 0.2) is 24.3 Å². The van der Waals surface area contributed by atoms with Gasteiger partial charge in [-0.25, -0.2) is 0 Å². The number of hydrogen-bond acceptors (Lipinski definition) is 0. The van der Waals surface area contributed by atoms with Crippen molar-refractivity contribution in [2.75, 3.05) is 0 Å². The van der Waals surface area contributed by atoms with Crippen molar-refractivity contribution in [2.24, 2.45) is 11.3 Å². The SMILES string of the molecule is Cc1ccccc1[C@@H]1C[C@@]1(C)C1CC1. The fourth-order valence-corrected chi connectivity index (χ4v) is 3.02. The van der Waals surface area contributed by atoms with Crippen LogP contribution >= 0.6 is 0 Å². The summed E-state index contributed by atoms with van der Waals surface area (Å²) in [5, 5.41) is 0. The Balaban J connectivity index is 1.88. The summed E-state index contributed by atoms with van der Waals surface area (Å²) in [5.41, 5.74) is 3.77. The number of aryl methyl sites for hydroxylation is 1. The van der Waals surface area contributed by atoms with Crippen molar-refractivity contribution in [2.45, 2.75) is 39.0 Å². The highest BCUT2D eigenvalue weighted by Gasteiger charge is 2.58. The van der Waals surface area contributed by atoms with Gasteiger partial charge in [0.2, 0.25) is 0 Å². The first-order valence-corrected chi connectivity index (χ1v) is 5.77. The highest BCUT2D eigenvalue weighted by molar-refractivity contribution is 5.36. The van der Waals surface area contributed by atoms with Gasteiger partial charge in [0.25, 0.3) is 0 Å². The Hall–Kier alpha value is -0.780. The minimum atomic E-state index is 0.673. The largest absolute Gasteiger partial charge is 0.0620 e. The summed E-state index contributed by atoms with van der Waals surface area (Å²) in [7, 11) is 0. The van der Waals surface area contributed by atoms with Crippen LogP contribution in [-0.2, 0) is 0 Å². The monoisotopic (exact) mass is 186 g/mol. The third kappa shape index (κ3) is 1.13. The molecule has 1 aromatic rings. The molecule has 0 N–H and O–H groups in total. The van der Waals surface area contributed by atoms with E-state index in [0.717, 1.165) is 11.8 Å². The van der Waals surface area contributed by atoms with Gasteiger partial charge < -0.3 is 0 Å². The van der Waals surface area contributed by atoms with E-state index in [2.05, 4.69) is 38.1 Å². The molecule has 0 unspecified atom stereocenters. The van der Waals surface area contributed by atoms with Crippen LogP contribution < -0.4 is 0 Å². The summed E-state index contributed by atoms with van der Waals surface area (Å²) in [6.07, 6.45) is 4.40. The molecule has 2 aliphatic rings. The first-order chi connectivity index (χ1) is 6.72. The molecule has 1 aromatic carbocycles. The van der Waals surface area contributed by atoms with Gasteiger partial charge in [-0.15, -0.1) is 0 Å². The molecule has 2 saturated carbocycles. The van der Waals surface area contributed by atoms with Crippen molar-refractivity contribution in [1.29, 1.82) is 0 Å². The molecule has 2 aliphatic carbocycles. The van der Waals surface area contributed by atoms with E-state index in [1.807, 2.05) is 0 Å². The highest BCUT2D eigenvalue weighted by Crippen LogP contribution is 2.69. The van der Waals surface area contributed by atoms with Crippen molar-refractivity contribution in [3.8, 4) is 0 Å². The van der Waals surface area contributed by atoms with Crippen LogP contribution in [0.2, 0.25) is 0 Å². The Morgan fingerprint density at radius 1 is 1.21 bits per heavy atom. The van der Waals surface area contributed by atoms with Gasteiger partial charge in [0.1, 0.15) is 0 Å². The summed E-state index contributed by atoms with van der Waals surface area (Å²) in [6.45, 7) is 4.74. The molecule has 0 amide bonds. The lowest BCUT2D eigenvalue weighted by molar-refractivity contribution is 0.471. The van der Waals surface area contributed by atoms with Crippen LogP contribution in [0.5, 0.6) is 0 Å². The normalized spacial score (nSPS) is 35.7. The van der Waals surface area contributed by atoms with Crippen LogP contribution in [0.1, 0.15) is 43.2 Å². The lowest BCUT2D eigenvalue weighted by Crippen LogP contribution is -2.00. The van der Waals surface area contributed by atoms with Crippen LogP contribution in [0, 0.1) is 18.3 Å². The topological polar surface area (TPSA) is 0 Å². The second-order valence-corrected chi connectivity index (χ2v) is 5.39. The van der Waals surface area contributed by atoms with Crippen molar-refractivity contribution < 1.29 is 0 Å². The first-order valence-electron chi connectivity index (χ1n) is 5.77. The summed E-state index contributed by atoms with van der Waals surface area (Å²) in [4.78, 5) is 0. The molecule has 0 nitrogen and oxygen atoms in total. The quantitative estimate of drug-likeness (QED) is 0.657. The van der Waals surface area contributed by atoms with Gasteiger partial charge in [0, 0.05) is 0 Å². The summed E-state index contributed by atoms with van der Waals surface area (Å²) < 4.78 is 0. The molecule has 0 aromatic heterocycles. The van der Waals surface area contributed by atoms with Crippen molar-refractivity contribution >= 4 is 0 Å². The van der Waals surface area contributed by atoms with Crippen LogP contribution in [0.25, 0.3) is 0 Å². The summed E-state index contributed by atoms with van der Waals surface area (Å²) in [6, 6.07) is 8.91. The Kier molecular flexibility index (Phi) is 1.60. The van der Waals surface area contributed by atoms with Crippen molar-refractivity contribution in [3.63, 3.8) is 0 Å². The van der Waals surface area contributed by atoms with E-state index in [4.69, 9.17) is 0 Å². The second-order valence-electron chi connectivity index (χ2n) is 5.39. The molecular weight excluding hydrogens is 168 g/mol. The first kappa shape index (κ1) is 8.52. The van der Waals surface area contributed by atoms with Crippen molar-refractivity contribution in [3.05, 3.63) is 35.4 Å². The zero-order chi connectivity index (χ0) is 9.76. The van der Waals surface area contributed by atoms with Gasteiger partial charge in [0.15, 0.2) is 0 Å². The smallest absolute Gasteiger partial charge is 0.00970 e. The van der Waals surface area contributed by atoms with E-state index >= 15 is 0 Å². The van der Waals surface area contributed by atoms with E-state index in [9.17, 15) is 0 Å². The molecule has 2 fully saturated rings. The molecule has 14 heavy (non-hydrogen) atoms. The zero-order valence-electron chi connectivity index (χ0n) is 9.09. The molecular formula is C14H18. The molecule has 0 bridgehead atoms. The standard InChI is InChI=1S/C14H18/c1-10-5-3-4-6-12(10)13-9-14(13,2)11-7-8-11/h3-6,11,13H,7-9H2,1-2H3/t13-,14-/m0/s1. The fourth-order valence-electron chi connectivity index (χ4n) is 3.02. The highest BCUT2D eigenvalue weighted by atomic mass is 14.6. The van der Waals surface area contributed by atoms with Crippen LogP contribution in [0.3, 0.4) is 0 Å². The molecule has 2 atom stereocenters. The van der Waals surface area contributed by atoms with Gasteiger partial charge in [0.05, 0.1) is 0 Å². The molecule has 0 saturated heterocycles. The Labute approximate surface area is 86.3 Å². The molecule has 0 heterocycles. The van der Waals surface area contributed by atoms with E-state index < -0.39 is 0 Å². The summed E-state index contributed by atoms with van der Waals surface area (Å²) in [5.74, 6) is 1.92. The van der Waals surface area contributed by atoms with Gasteiger partial charge in [-0.1, -0.05) is 31.2 Å². The Bertz CT molecular complexity index is 362. The molecule has 0 spiro atoms. The molecule has 74 valence electrons. The van der Waals surface area contributed by atoms with Crippen LogP contribution in [-0.4, -0.2) is 0 Å². The van der Waals surface area contributed by atoms with E-state index in [0.29, 0.717) is 5.41 Å². The Morgan fingerprint density at radius 3 is 2.57 bits per heavy atom. The Morgan fingerprint density at radius 2 is 1.93 bits per heavy atom. The number of benzene rings is 1. The predicted molar refractivity (Wildman–Crippen MR) is 59.4 cm³/mol. The van der Waals surface area contributed by atoms with Gasteiger partial charge in [-0.2, -0.15) is 0 Å². The second kappa shape index (κ2) is 2.62. The summed E-state index contributed by atoms with van der Waals surface area (Å²) >= 11 is 0. The minimum Gasteiger partial charge on any atom is -0.0620 e. The van der Waals surface area contributed by atoms with Crippen molar-refractivity contribution in [1.82, 2.24) is 0 Å². The lowest BCUT2D eigenvalue weighted by Gasteiger charge is -2.11. The average Bonchev–Trinajstić information content (AvgIpc) is 2.99. The third-order valence-corrected chi connectivity index (χ3v) is 4.35. The maximum absolute atomic E-state index is 2.49. The van der Waals surface area contributed by atoms with Crippen LogP contribution in [0.4, 0.5) is 0 Å². The third-order valence-electron chi connectivity index (χ3n) is 4.35. The van der Waals surface area contributed by atoms with Gasteiger partial charge >= 0.3 is 0 Å². The minimum absolute atomic E-state index is 0.673. The van der Waals surface area contributed by atoms with E-state index in [1.54, 1.807) is 5.56 Å². The maximum Gasteiger partial charge on any atom is -0.00970 e. The molecule has 0 radical (unpaired) electrons. The van der Waals surface area contributed by atoms with E-state index in [1.165, 1.54) is 24.8 Å². The van der Waals surface area contributed by atoms with E-state index in [-0.39, 0.29) is 0 Å². The molecule has 0 heteroatoms. The predicted octanol–water partition coefficient (Wildman–Crippen LogP) is 3.90. The van der Waals surface area contributed by atoms with Gasteiger partial charge in [-0.05, 0) is 54.6 Å². The fraction of sp³-hybridized carbons (Fsp3) is 0.571. The number of rotatable bonds is 2. The maximum atomic E-state index is 2.49. The lowest BCUT2D eigenvalue weighted by atomic mass is 9.94. The average molecular weight is 186 g/mol.